The van der Waals surface area contributed by atoms with Crippen LogP contribution < -0.4 is 21.3 Å². The number of nitrogens with one attached hydrogen (secondary N) is 4. The normalized spacial score (nSPS) is 11.4. The predicted molar refractivity (Wildman–Crippen MR) is 131 cm³/mol. The summed E-state index contributed by atoms with van der Waals surface area (Å²) in [5.74, 6) is -0.560. The monoisotopic (exact) mass is 487 g/mol. The van der Waals surface area contributed by atoms with Gasteiger partial charge in [-0.05, 0) is 32.7 Å². The lowest BCUT2D eigenvalue weighted by molar-refractivity contribution is -0.134. The second-order valence-corrected chi connectivity index (χ2v) is 8.34. The lowest BCUT2D eigenvalue weighted by Crippen LogP contribution is -2.43. The summed E-state index contributed by atoms with van der Waals surface area (Å²) >= 11 is 0. The fourth-order valence-electron chi connectivity index (χ4n) is 3.06. The molecule has 0 radical (unpaired) electrons. The molecule has 0 aromatic rings. The number of unbranched alkanes of at least 4 members (excludes halogenated alkanes) is 1. The summed E-state index contributed by atoms with van der Waals surface area (Å²) in [4.78, 5) is 60.7. The van der Waals surface area contributed by atoms with E-state index in [2.05, 4.69) is 30.5 Å². The summed E-state index contributed by atoms with van der Waals surface area (Å²) in [5.41, 5.74) is 0.0174. The molecule has 33 heavy (non-hydrogen) atoms. The first kappa shape index (κ1) is 30.9. The summed E-state index contributed by atoms with van der Waals surface area (Å²) in [6.07, 6.45) is 3.92. The Bertz CT molecular complexity index is 632. The molecule has 2 unspecified atom stereocenters. The molecule has 0 aromatic carbocycles. The highest BCUT2D eigenvalue weighted by Gasteiger charge is 2.16. The number of carbonyl (C=O) groups excluding carboxylic acids is 5. The van der Waals surface area contributed by atoms with Crippen molar-refractivity contribution in [2.45, 2.75) is 71.3 Å². The Morgan fingerprint density at radius 1 is 0.788 bits per heavy atom. The first-order chi connectivity index (χ1) is 15.7. The quantitative estimate of drug-likeness (QED) is 0.153. The van der Waals surface area contributed by atoms with Crippen LogP contribution >= 0.6 is 9.24 Å². The largest absolute Gasteiger partial charge is 0.356 e. The molecular formula is C22H42N5O5P. The molecule has 10 nitrogen and oxygen atoms in total. The first-order valence-electron chi connectivity index (χ1n) is 11.8. The summed E-state index contributed by atoms with van der Waals surface area (Å²) in [6, 6.07) is -0.192. The average molecular weight is 488 g/mol. The molecule has 4 N–H and O–H groups in total. The van der Waals surface area contributed by atoms with Gasteiger partial charge in [0, 0.05) is 58.4 Å². The Hall–Kier alpha value is -2.06. The molecule has 190 valence electrons. The number of rotatable bonds is 19. The van der Waals surface area contributed by atoms with Crippen LogP contribution in [0.3, 0.4) is 0 Å². The molecule has 11 heteroatoms. The fourth-order valence-corrected chi connectivity index (χ4v) is 3.39. The first-order valence-corrected chi connectivity index (χ1v) is 12.4. The Morgan fingerprint density at radius 3 is 1.91 bits per heavy atom. The summed E-state index contributed by atoms with van der Waals surface area (Å²) in [5, 5.41) is 11.3. The van der Waals surface area contributed by atoms with Gasteiger partial charge in [-0.2, -0.15) is 0 Å². The zero-order valence-electron chi connectivity index (χ0n) is 20.3. The van der Waals surface area contributed by atoms with E-state index >= 15 is 0 Å². The van der Waals surface area contributed by atoms with Crippen LogP contribution in [0.1, 0.15) is 65.2 Å². The standard InChI is InChI=1S/C22H42N5O5P/c1-4-8-19(29)26-14-16-27(15-13-25-18(28)5-2)21(31)11-10-20(30)24-12-7-6-9-17(23-3)22(32)33/h17,23H,4-16,33H2,1-3H3,(H,24,30)(H,25,28)(H,26,29). The van der Waals surface area contributed by atoms with Crippen LogP contribution in [0.4, 0.5) is 0 Å². The van der Waals surface area contributed by atoms with Gasteiger partial charge in [-0.3, -0.25) is 24.0 Å². The van der Waals surface area contributed by atoms with Gasteiger partial charge in [0.2, 0.25) is 23.6 Å². The van der Waals surface area contributed by atoms with E-state index in [0.717, 1.165) is 19.3 Å². The van der Waals surface area contributed by atoms with Crippen molar-refractivity contribution >= 4 is 38.4 Å². The van der Waals surface area contributed by atoms with Gasteiger partial charge in [0.1, 0.15) is 0 Å². The average Bonchev–Trinajstić information content (AvgIpc) is 2.78. The van der Waals surface area contributed by atoms with Crippen molar-refractivity contribution in [1.82, 2.24) is 26.2 Å². The van der Waals surface area contributed by atoms with Gasteiger partial charge in [0.05, 0.1) is 6.04 Å². The third-order valence-corrected chi connectivity index (χ3v) is 5.46. The van der Waals surface area contributed by atoms with Gasteiger partial charge >= 0.3 is 0 Å². The second kappa shape index (κ2) is 19.4. The van der Waals surface area contributed by atoms with E-state index in [4.69, 9.17) is 0 Å². The minimum Gasteiger partial charge on any atom is -0.356 e. The minimum absolute atomic E-state index is 0.0174. The predicted octanol–water partition coefficient (Wildman–Crippen LogP) is 0.314. The van der Waals surface area contributed by atoms with Crippen molar-refractivity contribution in [3.05, 3.63) is 0 Å². The summed E-state index contributed by atoms with van der Waals surface area (Å²) < 4.78 is 0. The molecule has 0 rings (SSSR count). The SMILES string of the molecule is CCCC(=O)NCCN(CCNC(=O)CC)C(=O)CCC(=O)NCCCCC(NC)C(=O)P. The number of amides is 4. The highest BCUT2D eigenvalue weighted by atomic mass is 31.0. The van der Waals surface area contributed by atoms with Crippen molar-refractivity contribution in [1.29, 1.82) is 0 Å². The van der Waals surface area contributed by atoms with E-state index in [1.807, 2.05) is 6.92 Å². The van der Waals surface area contributed by atoms with E-state index in [-0.39, 0.29) is 48.0 Å². The Labute approximate surface area is 199 Å². The zero-order chi connectivity index (χ0) is 25.1. The van der Waals surface area contributed by atoms with Crippen molar-refractivity contribution < 1.29 is 24.0 Å². The maximum atomic E-state index is 12.6. The second-order valence-electron chi connectivity index (χ2n) is 7.77. The molecule has 0 saturated carbocycles. The lowest BCUT2D eigenvalue weighted by Gasteiger charge is -2.23. The Kier molecular flexibility index (Phi) is 18.2. The van der Waals surface area contributed by atoms with E-state index < -0.39 is 0 Å². The Balaban J connectivity index is 4.37. The van der Waals surface area contributed by atoms with Gasteiger partial charge < -0.3 is 26.2 Å². The highest BCUT2D eigenvalue weighted by Crippen LogP contribution is 2.05. The van der Waals surface area contributed by atoms with Crippen molar-refractivity contribution in [2.75, 3.05) is 39.8 Å². The number of carbonyl (C=O) groups is 5. The molecule has 0 spiro atoms. The molecule has 0 bridgehead atoms. The number of likely N-dealkylation sites (N-methyl/N-ethyl adjacent to an activating group) is 1. The van der Waals surface area contributed by atoms with E-state index in [9.17, 15) is 24.0 Å². The van der Waals surface area contributed by atoms with Crippen LogP contribution in [-0.2, 0) is 24.0 Å². The molecule has 0 aliphatic rings. The van der Waals surface area contributed by atoms with Gasteiger partial charge in [0.15, 0.2) is 5.52 Å². The summed E-state index contributed by atoms with van der Waals surface area (Å²) in [6.45, 7) is 5.44. The maximum absolute atomic E-state index is 12.6. The van der Waals surface area contributed by atoms with Gasteiger partial charge in [0.25, 0.3) is 0 Å². The number of nitrogens with zero attached hydrogens (tertiary/aromatic N) is 1. The fraction of sp³-hybridized carbons (Fsp3) is 0.773. The molecule has 0 aliphatic heterocycles. The van der Waals surface area contributed by atoms with Gasteiger partial charge in [-0.25, -0.2) is 0 Å². The molecule has 4 amide bonds. The van der Waals surface area contributed by atoms with E-state index in [1.165, 1.54) is 0 Å². The van der Waals surface area contributed by atoms with Gasteiger partial charge in [-0.15, -0.1) is 0 Å². The van der Waals surface area contributed by atoms with Crippen LogP contribution in [0.2, 0.25) is 0 Å². The molecule has 0 heterocycles. The Morgan fingerprint density at radius 2 is 1.36 bits per heavy atom. The molecule has 0 saturated heterocycles. The third-order valence-electron chi connectivity index (χ3n) is 5.06. The van der Waals surface area contributed by atoms with Crippen molar-refractivity contribution in [3.8, 4) is 0 Å². The molecule has 2 atom stereocenters. The number of hydrogen-bond acceptors (Lipinski definition) is 6. The molecule has 0 aromatic heterocycles. The third kappa shape index (κ3) is 16.2. The topological polar surface area (TPSA) is 137 Å². The maximum Gasteiger partial charge on any atom is 0.223 e. The van der Waals surface area contributed by atoms with Crippen LogP contribution in [0, 0.1) is 0 Å². The molecular weight excluding hydrogens is 445 g/mol. The lowest BCUT2D eigenvalue weighted by atomic mass is 10.1. The zero-order valence-corrected chi connectivity index (χ0v) is 21.5. The van der Waals surface area contributed by atoms with Crippen LogP contribution in [0.25, 0.3) is 0 Å². The van der Waals surface area contributed by atoms with E-state index in [1.54, 1.807) is 18.9 Å². The molecule has 0 aliphatic carbocycles. The van der Waals surface area contributed by atoms with Crippen LogP contribution in [0.15, 0.2) is 0 Å². The highest BCUT2D eigenvalue weighted by molar-refractivity contribution is 7.40. The van der Waals surface area contributed by atoms with Crippen molar-refractivity contribution in [2.24, 2.45) is 0 Å². The minimum atomic E-state index is -0.203. The van der Waals surface area contributed by atoms with Gasteiger partial charge in [-0.1, -0.05) is 23.1 Å². The summed E-state index contributed by atoms with van der Waals surface area (Å²) in [7, 11) is 3.92. The number of hydrogen-bond donors (Lipinski definition) is 4. The van der Waals surface area contributed by atoms with Crippen LogP contribution in [-0.4, -0.2) is 79.9 Å². The van der Waals surface area contributed by atoms with Crippen LogP contribution in [0.5, 0.6) is 0 Å². The molecule has 0 fully saturated rings. The smallest absolute Gasteiger partial charge is 0.223 e. The van der Waals surface area contributed by atoms with E-state index in [0.29, 0.717) is 52.0 Å². The van der Waals surface area contributed by atoms with Crippen molar-refractivity contribution in [3.63, 3.8) is 0 Å².